The van der Waals surface area contributed by atoms with Crippen LogP contribution in [0.4, 0.5) is 0 Å². The van der Waals surface area contributed by atoms with E-state index in [9.17, 15) is 4.79 Å². The fourth-order valence-corrected chi connectivity index (χ4v) is 2.43. The first-order valence-electron chi connectivity index (χ1n) is 6.24. The first kappa shape index (κ1) is 12.7. The first-order valence-corrected chi connectivity index (χ1v) is 6.24. The second-order valence-electron chi connectivity index (χ2n) is 5.69. The van der Waals surface area contributed by atoms with Gasteiger partial charge in [-0.15, -0.1) is 0 Å². The van der Waals surface area contributed by atoms with Crippen LogP contribution in [0.3, 0.4) is 0 Å². The number of carbonyl (C=O) groups is 1. The summed E-state index contributed by atoms with van der Waals surface area (Å²) in [6, 6.07) is 0.426. The maximum absolute atomic E-state index is 12.3. The number of carbonyl (C=O) groups excluding carboxylic acids is 1. The molecule has 1 aliphatic rings. The van der Waals surface area contributed by atoms with E-state index in [1.54, 1.807) is 0 Å². The van der Waals surface area contributed by atoms with E-state index in [1.165, 1.54) is 19.3 Å². The summed E-state index contributed by atoms with van der Waals surface area (Å²) in [5, 5.41) is 3.50. The van der Waals surface area contributed by atoms with Crippen molar-refractivity contribution in [3.8, 4) is 0 Å². The van der Waals surface area contributed by atoms with E-state index >= 15 is 0 Å². The molecule has 0 spiro atoms. The van der Waals surface area contributed by atoms with E-state index in [0.717, 1.165) is 13.0 Å². The van der Waals surface area contributed by atoms with Crippen LogP contribution in [-0.4, -0.2) is 18.4 Å². The van der Waals surface area contributed by atoms with Gasteiger partial charge in [-0.3, -0.25) is 4.79 Å². The lowest BCUT2D eigenvalue weighted by molar-refractivity contribution is -0.131. The minimum absolute atomic E-state index is 0.195. The fourth-order valence-electron chi connectivity index (χ4n) is 2.43. The predicted molar refractivity (Wildman–Crippen MR) is 63.9 cm³/mol. The Kier molecular flexibility index (Phi) is 4.32. The van der Waals surface area contributed by atoms with Crippen molar-refractivity contribution in [3.63, 3.8) is 0 Å². The zero-order chi connectivity index (χ0) is 11.5. The zero-order valence-electron chi connectivity index (χ0n) is 10.6. The number of rotatable bonds is 3. The van der Waals surface area contributed by atoms with Gasteiger partial charge in [0, 0.05) is 17.4 Å². The SMILES string of the molecule is CCC(C(=O)C(C)(C)C)C1CCCCN1. The van der Waals surface area contributed by atoms with Crippen molar-refractivity contribution in [2.75, 3.05) is 6.54 Å². The lowest BCUT2D eigenvalue weighted by Gasteiger charge is -2.33. The van der Waals surface area contributed by atoms with Crippen LogP contribution in [0, 0.1) is 11.3 Å². The molecule has 0 radical (unpaired) electrons. The molecule has 1 N–H and O–H groups in total. The number of Topliss-reactive ketones (excluding diaryl/α,β-unsaturated/α-hetero) is 1. The van der Waals surface area contributed by atoms with Crippen LogP contribution in [-0.2, 0) is 4.79 Å². The molecule has 0 aromatic carbocycles. The number of piperidine rings is 1. The van der Waals surface area contributed by atoms with Crippen LogP contribution < -0.4 is 5.32 Å². The summed E-state index contributed by atoms with van der Waals surface area (Å²) in [5.41, 5.74) is -0.195. The molecule has 2 heteroatoms. The Labute approximate surface area is 93.8 Å². The maximum atomic E-state index is 12.3. The van der Waals surface area contributed by atoms with Crippen LogP contribution in [0.2, 0.25) is 0 Å². The standard InChI is InChI=1S/C13H25NO/c1-5-10(12(15)13(2,3)4)11-8-6-7-9-14-11/h10-11,14H,5-9H2,1-4H3. The van der Waals surface area contributed by atoms with Crippen molar-refractivity contribution < 1.29 is 4.79 Å². The second kappa shape index (κ2) is 5.11. The highest BCUT2D eigenvalue weighted by Gasteiger charge is 2.34. The van der Waals surface area contributed by atoms with E-state index in [1.807, 2.05) is 20.8 Å². The van der Waals surface area contributed by atoms with Gasteiger partial charge in [0.1, 0.15) is 5.78 Å². The molecule has 1 fully saturated rings. The van der Waals surface area contributed by atoms with E-state index in [-0.39, 0.29) is 11.3 Å². The maximum Gasteiger partial charge on any atom is 0.142 e. The Morgan fingerprint density at radius 3 is 2.47 bits per heavy atom. The van der Waals surface area contributed by atoms with Gasteiger partial charge >= 0.3 is 0 Å². The number of nitrogens with one attached hydrogen (secondary N) is 1. The second-order valence-corrected chi connectivity index (χ2v) is 5.69. The molecule has 0 aliphatic carbocycles. The van der Waals surface area contributed by atoms with Gasteiger partial charge in [0.25, 0.3) is 0 Å². The van der Waals surface area contributed by atoms with Gasteiger partial charge in [0.2, 0.25) is 0 Å². The highest BCUT2D eigenvalue weighted by atomic mass is 16.1. The molecule has 1 heterocycles. The van der Waals surface area contributed by atoms with E-state index in [2.05, 4.69) is 12.2 Å². The number of ketones is 1. The molecule has 1 rings (SSSR count). The van der Waals surface area contributed by atoms with Crippen molar-refractivity contribution in [2.45, 2.75) is 59.4 Å². The van der Waals surface area contributed by atoms with Crippen molar-refractivity contribution in [3.05, 3.63) is 0 Å². The van der Waals surface area contributed by atoms with Crippen LogP contribution in [0.15, 0.2) is 0 Å². The van der Waals surface area contributed by atoms with E-state index < -0.39 is 0 Å². The lowest BCUT2D eigenvalue weighted by atomic mass is 9.77. The number of hydrogen-bond acceptors (Lipinski definition) is 2. The largest absolute Gasteiger partial charge is 0.313 e. The minimum atomic E-state index is -0.195. The van der Waals surface area contributed by atoms with Gasteiger partial charge in [-0.2, -0.15) is 0 Å². The predicted octanol–water partition coefficient (Wildman–Crippen LogP) is 2.77. The van der Waals surface area contributed by atoms with Crippen LogP contribution in [0.5, 0.6) is 0 Å². The van der Waals surface area contributed by atoms with Gasteiger partial charge in [0.05, 0.1) is 0 Å². The van der Waals surface area contributed by atoms with Gasteiger partial charge in [0.15, 0.2) is 0 Å². The summed E-state index contributed by atoms with van der Waals surface area (Å²) in [6.45, 7) is 9.30. The summed E-state index contributed by atoms with van der Waals surface area (Å²) < 4.78 is 0. The minimum Gasteiger partial charge on any atom is -0.313 e. The third-order valence-corrected chi connectivity index (χ3v) is 3.35. The monoisotopic (exact) mass is 211 g/mol. The summed E-state index contributed by atoms with van der Waals surface area (Å²) in [4.78, 5) is 12.3. The van der Waals surface area contributed by atoms with Gasteiger partial charge in [-0.1, -0.05) is 34.1 Å². The van der Waals surface area contributed by atoms with Crippen molar-refractivity contribution in [1.82, 2.24) is 5.32 Å². The molecule has 1 saturated heterocycles. The Hall–Kier alpha value is -0.370. The molecule has 0 saturated carbocycles. The quantitative estimate of drug-likeness (QED) is 0.777. The molecule has 2 nitrogen and oxygen atoms in total. The van der Waals surface area contributed by atoms with Crippen LogP contribution in [0.25, 0.3) is 0 Å². The number of hydrogen-bond donors (Lipinski definition) is 1. The highest BCUT2D eigenvalue weighted by Crippen LogP contribution is 2.27. The molecule has 1 aliphatic heterocycles. The van der Waals surface area contributed by atoms with Crippen molar-refractivity contribution >= 4 is 5.78 Å². The summed E-state index contributed by atoms with van der Waals surface area (Å²) >= 11 is 0. The van der Waals surface area contributed by atoms with Gasteiger partial charge in [-0.05, 0) is 25.8 Å². The summed E-state index contributed by atoms with van der Waals surface area (Å²) in [5.74, 6) is 0.634. The molecule has 88 valence electrons. The summed E-state index contributed by atoms with van der Waals surface area (Å²) in [7, 11) is 0. The molecular formula is C13H25NO. The normalized spacial score (nSPS) is 24.9. The third kappa shape index (κ3) is 3.30. The van der Waals surface area contributed by atoms with Crippen LogP contribution in [0.1, 0.15) is 53.4 Å². The van der Waals surface area contributed by atoms with Gasteiger partial charge in [-0.25, -0.2) is 0 Å². The van der Waals surface area contributed by atoms with E-state index in [0.29, 0.717) is 11.8 Å². The highest BCUT2D eigenvalue weighted by molar-refractivity contribution is 5.86. The topological polar surface area (TPSA) is 29.1 Å². The van der Waals surface area contributed by atoms with E-state index in [4.69, 9.17) is 0 Å². The molecule has 0 aromatic heterocycles. The summed E-state index contributed by atoms with van der Waals surface area (Å²) in [6.07, 6.45) is 4.66. The van der Waals surface area contributed by atoms with Gasteiger partial charge < -0.3 is 5.32 Å². The molecule has 15 heavy (non-hydrogen) atoms. The molecule has 2 unspecified atom stereocenters. The molecule has 0 amide bonds. The third-order valence-electron chi connectivity index (χ3n) is 3.35. The smallest absolute Gasteiger partial charge is 0.142 e. The molecule has 0 aromatic rings. The first-order chi connectivity index (χ1) is 6.96. The zero-order valence-corrected chi connectivity index (χ0v) is 10.6. The fraction of sp³-hybridized carbons (Fsp3) is 0.923. The molecular weight excluding hydrogens is 186 g/mol. The Morgan fingerprint density at radius 2 is 2.07 bits per heavy atom. The van der Waals surface area contributed by atoms with Crippen molar-refractivity contribution in [2.24, 2.45) is 11.3 Å². The molecule has 2 atom stereocenters. The Balaban J connectivity index is 2.65. The molecule has 0 bridgehead atoms. The Bertz CT molecular complexity index is 211. The Morgan fingerprint density at radius 1 is 1.40 bits per heavy atom. The van der Waals surface area contributed by atoms with Crippen molar-refractivity contribution in [1.29, 1.82) is 0 Å². The average Bonchev–Trinajstić information content (AvgIpc) is 2.19. The average molecular weight is 211 g/mol. The van der Waals surface area contributed by atoms with Crippen LogP contribution >= 0.6 is 0 Å². The lowest BCUT2D eigenvalue weighted by Crippen LogP contribution is -2.45.